The van der Waals surface area contributed by atoms with Crippen molar-refractivity contribution in [2.75, 3.05) is 6.54 Å². The van der Waals surface area contributed by atoms with Gasteiger partial charge in [0.2, 0.25) is 5.91 Å². The number of amides is 1. The van der Waals surface area contributed by atoms with E-state index in [0.717, 1.165) is 37.8 Å². The highest BCUT2D eigenvalue weighted by Crippen LogP contribution is 2.23. The van der Waals surface area contributed by atoms with E-state index in [4.69, 9.17) is 0 Å². The summed E-state index contributed by atoms with van der Waals surface area (Å²) in [6.45, 7) is 0.906. The van der Waals surface area contributed by atoms with Gasteiger partial charge >= 0.3 is 0 Å². The highest BCUT2D eigenvalue weighted by molar-refractivity contribution is 5.79. The van der Waals surface area contributed by atoms with Gasteiger partial charge in [0.15, 0.2) is 0 Å². The van der Waals surface area contributed by atoms with E-state index in [9.17, 15) is 4.79 Å². The van der Waals surface area contributed by atoms with Crippen molar-refractivity contribution < 1.29 is 4.79 Å². The first kappa shape index (κ1) is 14.8. The fourth-order valence-electron chi connectivity index (χ4n) is 3.22. The number of carbonyl (C=O) groups excluding carboxylic acids is 1. The Bertz CT molecular complexity index is 597. The molecule has 1 atom stereocenters. The Labute approximate surface area is 132 Å². The van der Waals surface area contributed by atoms with Gasteiger partial charge in [-0.3, -0.25) is 9.78 Å². The Morgan fingerprint density at radius 1 is 1.09 bits per heavy atom. The zero-order valence-electron chi connectivity index (χ0n) is 12.8. The molecule has 0 spiro atoms. The number of hydrogen-bond donors (Lipinski definition) is 0. The van der Waals surface area contributed by atoms with Gasteiger partial charge in [-0.25, -0.2) is 0 Å². The van der Waals surface area contributed by atoms with Crippen molar-refractivity contribution in [3.63, 3.8) is 0 Å². The Morgan fingerprint density at radius 2 is 1.86 bits per heavy atom. The Morgan fingerprint density at radius 3 is 2.64 bits per heavy atom. The number of hydrogen-bond acceptors (Lipinski definition) is 2. The van der Waals surface area contributed by atoms with E-state index in [1.807, 2.05) is 18.2 Å². The molecule has 1 aliphatic heterocycles. The molecule has 1 aromatic heterocycles. The molecule has 3 heteroatoms. The van der Waals surface area contributed by atoms with Crippen LogP contribution in [0.25, 0.3) is 0 Å². The number of likely N-dealkylation sites (tertiary alicyclic amines) is 1. The van der Waals surface area contributed by atoms with Crippen LogP contribution < -0.4 is 0 Å². The summed E-state index contributed by atoms with van der Waals surface area (Å²) in [5.41, 5.74) is 2.41. The van der Waals surface area contributed by atoms with Crippen LogP contribution in [0.3, 0.4) is 0 Å². The van der Waals surface area contributed by atoms with E-state index in [0.29, 0.717) is 12.5 Å². The van der Waals surface area contributed by atoms with E-state index >= 15 is 0 Å². The van der Waals surface area contributed by atoms with Crippen molar-refractivity contribution in [2.24, 2.45) is 0 Å². The van der Waals surface area contributed by atoms with E-state index in [1.165, 1.54) is 5.56 Å². The first-order valence-electron chi connectivity index (χ1n) is 8.05. The highest BCUT2D eigenvalue weighted by Gasteiger charge is 2.28. The van der Waals surface area contributed by atoms with Crippen LogP contribution in [0.15, 0.2) is 54.9 Å². The Kier molecular flexibility index (Phi) is 4.84. The second-order valence-electron chi connectivity index (χ2n) is 5.94. The summed E-state index contributed by atoms with van der Waals surface area (Å²) in [7, 11) is 0. The van der Waals surface area contributed by atoms with Crippen molar-refractivity contribution in [2.45, 2.75) is 38.1 Å². The van der Waals surface area contributed by atoms with Crippen LogP contribution in [-0.4, -0.2) is 28.4 Å². The number of aryl methyl sites for hydroxylation is 1. The van der Waals surface area contributed by atoms with Crippen molar-refractivity contribution in [1.29, 1.82) is 0 Å². The van der Waals surface area contributed by atoms with Crippen LogP contribution in [0.5, 0.6) is 0 Å². The molecular weight excluding hydrogens is 272 g/mol. The van der Waals surface area contributed by atoms with E-state index < -0.39 is 0 Å². The Balaban J connectivity index is 1.57. The normalized spacial score (nSPS) is 17.6. The molecular formula is C19H22N2O. The maximum atomic E-state index is 12.5. The fourth-order valence-corrected chi connectivity index (χ4v) is 3.22. The number of rotatable bonds is 5. The monoisotopic (exact) mass is 294 g/mol. The quantitative estimate of drug-likeness (QED) is 0.848. The molecule has 22 heavy (non-hydrogen) atoms. The zero-order chi connectivity index (χ0) is 15.2. The maximum Gasteiger partial charge on any atom is 0.227 e. The van der Waals surface area contributed by atoms with E-state index in [-0.39, 0.29) is 5.91 Å². The minimum Gasteiger partial charge on any atom is -0.339 e. The molecule has 1 fully saturated rings. The van der Waals surface area contributed by atoms with E-state index in [1.54, 1.807) is 12.4 Å². The molecule has 1 aromatic carbocycles. The molecule has 0 bridgehead atoms. The molecule has 1 amide bonds. The molecule has 0 N–H and O–H groups in total. The van der Waals surface area contributed by atoms with Crippen molar-refractivity contribution in [1.82, 2.24) is 9.88 Å². The highest BCUT2D eigenvalue weighted by atomic mass is 16.2. The summed E-state index contributed by atoms with van der Waals surface area (Å²) in [6, 6.07) is 14.8. The number of nitrogens with zero attached hydrogens (tertiary/aromatic N) is 2. The van der Waals surface area contributed by atoms with E-state index in [2.05, 4.69) is 34.1 Å². The largest absolute Gasteiger partial charge is 0.339 e. The maximum absolute atomic E-state index is 12.5. The molecule has 3 rings (SSSR count). The lowest BCUT2D eigenvalue weighted by molar-refractivity contribution is -0.131. The first-order valence-corrected chi connectivity index (χ1v) is 8.05. The van der Waals surface area contributed by atoms with Gasteiger partial charge in [-0.2, -0.15) is 0 Å². The van der Waals surface area contributed by atoms with Crippen LogP contribution >= 0.6 is 0 Å². The zero-order valence-corrected chi connectivity index (χ0v) is 12.8. The predicted molar refractivity (Wildman–Crippen MR) is 87.4 cm³/mol. The minimum absolute atomic E-state index is 0.252. The lowest BCUT2D eigenvalue weighted by Gasteiger charge is -2.25. The van der Waals surface area contributed by atoms with Gasteiger partial charge in [0, 0.05) is 25.0 Å². The SMILES string of the molecule is O=C(Cc1ccncc1)N1CCCC1CCc1ccccc1. The van der Waals surface area contributed by atoms with Crippen molar-refractivity contribution >= 4 is 5.91 Å². The fraction of sp³-hybridized carbons (Fsp3) is 0.368. The summed E-state index contributed by atoms with van der Waals surface area (Å²) in [5, 5.41) is 0. The van der Waals surface area contributed by atoms with Gasteiger partial charge in [-0.15, -0.1) is 0 Å². The molecule has 3 nitrogen and oxygen atoms in total. The number of carbonyl (C=O) groups is 1. The van der Waals surface area contributed by atoms with Crippen LogP contribution in [0.4, 0.5) is 0 Å². The van der Waals surface area contributed by atoms with Gasteiger partial charge in [0.25, 0.3) is 0 Å². The molecule has 1 aliphatic rings. The third kappa shape index (κ3) is 3.73. The number of pyridine rings is 1. The Hall–Kier alpha value is -2.16. The molecule has 0 saturated carbocycles. The number of benzene rings is 1. The summed E-state index contributed by atoms with van der Waals surface area (Å²) < 4.78 is 0. The second kappa shape index (κ2) is 7.21. The number of aromatic nitrogens is 1. The molecule has 114 valence electrons. The first-order chi connectivity index (χ1) is 10.8. The predicted octanol–water partition coefficient (Wildman–Crippen LogP) is 3.25. The van der Waals surface area contributed by atoms with Crippen LogP contribution in [0, 0.1) is 0 Å². The molecule has 2 heterocycles. The lowest BCUT2D eigenvalue weighted by atomic mass is 10.0. The molecule has 0 radical (unpaired) electrons. The summed E-state index contributed by atoms with van der Waals surface area (Å²) >= 11 is 0. The molecule has 1 unspecified atom stereocenters. The van der Waals surface area contributed by atoms with Gasteiger partial charge in [0.05, 0.1) is 6.42 Å². The average molecular weight is 294 g/mol. The topological polar surface area (TPSA) is 33.2 Å². The summed E-state index contributed by atoms with van der Waals surface area (Å²) in [6.07, 6.45) is 8.36. The second-order valence-corrected chi connectivity index (χ2v) is 5.94. The lowest BCUT2D eigenvalue weighted by Crippen LogP contribution is -2.36. The van der Waals surface area contributed by atoms with Crippen molar-refractivity contribution in [3.8, 4) is 0 Å². The van der Waals surface area contributed by atoms with Gasteiger partial charge in [-0.05, 0) is 48.9 Å². The average Bonchev–Trinajstić information content (AvgIpc) is 3.03. The third-order valence-corrected chi connectivity index (χ3v) is 4.41. The van der Waals surface area contributed by atoms with Crippen LogP contribution in [0.1, 0.15) is 30.4 Å². The van der Waals surface area contributed by atoms with Crippen LogP contribution in [-0.2, 0) is 17.6 Å². The summed E-state index contributed by atoms with van der Waals surface area (Å²) in [5.74, 6) is 0.252. The van der Waals surface area contributed by atoms with Gasteiger partial charge in [-0.1, -0.05) is 30.3 Å². The summed E-state index contributed by atoms with van der Waals surface area (Å²) in [4.78, 5) is 18.6. The smallest absolute Gasteiger partial charge is 0.227 e. The molecule has 1 saturated heterocycles. The minimum atomic E-state index is 0.252. The van der Waals surface area contributed by atoms with Gasteiger partial charge < -0.3 is 4.90 Å². The third-order valence-electron chi connectivity index (χ3n) is 4.41. The molecule has 0 aliphatic carbocycles. The standard InChI is InChI=1S/C19H22N2O/c22-19(15-17-10-12-20-13-11-17)21-14-4-7-18(21)9-8-16-5-2-1-3-6-16/h1-3,5-6,10-13,18H,4,7-9,14-15H2. The molecule has 2 aromatic rings. The van der Waals surface area contributed by atoms with Gasteiger partial charge in [0.1, 0.15) is 0 Å². The van der Waals surface area contributed by atoms with Crippen LogP contribution in [0.2, 0.25) is 0 Å². The van der Waals surface area contributed by atoms with Crippen molar-refractivity contribution in [3.05, 3.63) is 66.0 Å².